The van der Waals surface area contributed by atoms with E-state index in [2.05, 4.69) is 20.3 Å². The molecule has 9 nitrogen and oxygen atoms in total. The molecule has 0 saturated heterocycles. The van der Waals surface area contributed by atoms with Crippen LogP contribution in [0.25, 0.3) is 11.3 Å². The van der Waals surface area contributed by atoms with Crippen LogP contribution in [0.5, 0.6) is 5.75 Å². The zero-order chi connectivity index (χ0) is 22.9. The molecule has 4 aromatic rings. The predicted octanol–water partition coefficient (Wildman–Crippen LogP) is 3.55. The highest BCUT2D eigenvalue weighted by Crippen LogP contribution is 2.24. The number of rotatable bonds is 5. The molecule has 0 radical (unpaired) electrons. The highest BCUT2D eigenvalue weighted by molar-refractivity contribution is 5.85. The minimum Gasteiger partial charge on any atom is -0.497 e. The molecule has 0 aliphatic carbocycles. The monoisotopic (exact) mass is 431 g/mol. The van der Waals surface area contributed by atoms with Crippen LogP contribution in [-0.4, -0.2) is 33.1 Å². The van der Waals surface area contributed by atoms with Gasteiger partial charge in [-0.05, 0) is 36.4 Å². The van der Waals surface area contributed by atoms with Crippen LogP contribution in [0.15, 0.2) is 83.8 Å². The number of methoxy groups -OCH3 is 1. The van der Waals surface area contributed by atoms with E-state index >= 15 is 0 Å². The van der Waals surface area contributed by atoms with Crippen LogP contribution in [0, 0.1) is 0 Å². The molecule has 0 spiro atoms. The zero-order valence-electron chi connectivity index (χ0n) is 17.1. The molecule has 0 fully saturated rings. The Hall–Kier alpha value is -4.66. The minimum absolute atomic E-state index is 0.0903. The second-order valence-corrected chi connectivity index (χ2v) is 6.46. The third kappa shape index (κ3) is 6.17. The smallest absolute Gasteiger partial charge is 0.352 e. The number of carbonyl (C=O) groups is 1. The van der Waals surface area contributed by atoms with E-state index in [1.807, 2.05) is 60.7 Å². The standard InChI is InChI=1S/C17H16N4O.C6H5NO3/c1-22-14-9-7-12(8-10-14)15-11-16(21-17(18)20-15)19-13-5-3-2-4-6-13;8-4-1-2-7-5(3-4)6(9)10/h2-11H,1H3,(H3,18,19,20,21);1-3H,(H,7,8)(H,9,10). The number of nitrogens with two attached hydrogens (primary N) is 1. The average molecular weight is 431 g/mol. The molecular weight excluding hydrogens is 410 g/mol. The van der Waals surface area contributed by atoms with Gasteiger partial charge in [0.2, 0.25) is 5.95 Å². The van der Waals surface area contributed by atoms with Crippen LogP contribution >= 0.6 is 0 Å². The van der Waals surface area contributed by atoms with Crippen molar-refractivity contribution < 1.29 is 14.6 Å². The Kier molecular flexibility index (Phi) is 7.16. The van der Waals surface area contributed by atoms with E-state index in [0.717, 1.165) is 28.8 Å². The van der Waals surface area contributed by atoms with E-state index in [-0.39, 0.29) is 17.1 Å². The molecule has 0 atom stereocenters. The number of para-hydroxylation sites is 1. The summed E-state index contributed by atoms with van der Waals surface area (Å²) in [6.07, 6.45) is 1.30. The molecule has 9 heteroatoms. The summed E-state index contributed by atoms with van der Waals surface area (Å²) in [4.78, 5) is 31.6. The lowest BCUT2D eigenvalue weighted by atomic mass is 10.1. The molecule has 32 heavy (non-hydrogen) atoms. The number of hydrogen-bond acceptors (Lipinski definition) is 7. The summed E-state index contributed by atoms with van der Waals surface area (Å²) in [5.74, 6) is 0.558. The fourth-order valence-corrected chi connectivity index (χ4v) is 2.68. The summed E-state index contributed by atoms with van der Waals surface area (Å²) < 4.78 is 5.16. The zero-order valence-corrected chi connectivity index (χ0v) is 17.1. The van der Waals surface area contributed by atoms with Gasteiger partial charge in [-0.15, -0.1) is 0 Å². The van der Waals surface area contributed by atoms with Crippen molar-refractivity contribution in [2.75, 3.05) is 18.2 Å². The van der Waals surface area contributed by atoms with E-state index in [4.69, 9.17) is 15.6 Å². The van der Waals surface area contributed by atoms with Gasteiger partial charge in [-0.3, -0.25) is 4.79 Å². The molecule has 0 aliphatic rings. The van der Waals surface area contributed by atoms with Crippen LogP contribution in [0.3, 0.4) is 0 Å². The van der Waals surface area contributed by atoms with Gasteiger partial charge in [0.05, 0.1) is 12.8 Å². The van der Waals surface area contributed by atoms with Gasteiger partial charge < -0.3 is 25.9 Å². The minimum atomic E-state index is -1.13. The third-order valence-electron chi connectivity index (χ3n) is 4.18. The van der Waals surface area contributed by atoms with E-state index in [1.54, 1.807) is 7.11 Å². The number of H-pyrrole nitrogens is 1. The number of aromatic carboxylic acids is 1. The maximum absolute atomic E-state index is 10.5. The van der Waals surface area contributed by atoms with Crippen molar-refractivity contribution in [1.82, 2.24) is 15.0 Å². The molecule has 0 aliphatic heterocycles. The van der Waals surface area contributed by atoms with Crippen LogP contribution < -0.4 is 21.2 Å². The van der Waals surface area contributed by atoms with Crippen LogP contribution in [0.2, 0.25) is 0 Å². The number of pyridine rings is 1. The number of hydrogen-bond donors (Lipinski definition) is 4. The van der Waals surface area contributed by atoms with Crippen LogP contribution in [0.4, 0.5) is 17.5 Å². The number of carboxylic acids is 1. The van der Waals surface area contributed by atoms with Gasteiger partial charge in [-0.25, -0.2) is 9.78 Å². The highest BCUT2D eigenvalue weighted by Gasteiger charge is 2.06. The molecule has 0 unspecified atom stereocenters. The first-order valence-corrected chi connectivity index (χ1v) is 9.47. The molecule has 2 heterocycles. The topological polar surface area (TPSA) is 143 Å². The Morgan fingerprint density at radius 2 is 1.75 bits per heavy atom. The molecule has 2 aromatic heterocycles. The number of benzene rings is 2. The number of aromatic amines is 1. The lowest BCUT2D eigenvalue weighted by Crippen LogP contribution is -2.06. The molecule has 0 bridgehead atoms. The molecule has 5 N–H and O–H groups in total. The van der Waals surface area contributed by atoms with Crippen molar-refractivity contribution in [2.45, 2.75) is 0 Å². The van der Waals surface area contributed by atoms with E-state index < -0.39 is 5.97 Å². The largest absolute Gasteiger partial charge is 0.497 e. The number of nitrogen functional groups attached to an aromatic ring is 1. The van der Waals surface area contributed by atoms with Gasteiger partial charge in [0, 0.05) is 35.6 Å². The Bertz CT molecular complexity index is 1240. The molecule has 0 saturated carbocycles. The maximum Gasteiger partial charge on any atom is 0.352 e. The third-order valence-corrected chi connectivity index (χ3v) is 4.18. The fraction of sp³-hybridized carbons (Fsp3) is 0.0435. The molecular formula is C23H21N5O4. The van der Waals surface area contributed by atoms with Crippen LogP contribution in [-0.2, 0) is 0 Å². The maximum atomic E-state index is 10.5. The number of ether oxygens (including phenoxy) is 1. The first-order valence-electron chi connectivity index (χ1n) is 9.47. The fourth-order valence-electron chi connectivity index (χ4n) is 2.68. The average Bonchev–Trinajstić information content (AvgIpc) is 2.80. The Morgan fingerprint density at radius 1 is 1.03 bits per heavy atom. The van der Waals surface area contributed by atoms with Crippen LogP contribution in [0.1, 0.15) is 10.5 Å². The Balaban J connectivity index is 0.000000243. The Morgan fingerprint density at radius 3 is 2.34 bits per heavy atom. The number of carboxylic acid groups (broad SMARTS) is 1. The van der Waals surface area contributed by atoms with Crippen molar-refractivity contribution in [3.63, 3.8) is 0 Å². The van der Waals surface area contributed by atoms with Gasteiger partial charge in [-0.1, -0.05) is 18.2 Å². The van der Waals surface area contributed by atoms with Gasteiger partial charge in [0.15, 0.2) is 5.43 Å². The quantitative estimate of drug-likeness (QED) is 0.376. The molecule has 0 amide bonds. The Labute approximate surface area is 183 Å². The summed E-state index contributed by atoms with van der Waals surface area (Å²) >= 11 is 0. The molecule has 4 rings (SSSR count). The van der Waals surface area contributed by atoms with Crippen molar-refractivity contribution in [3.05, 3.63) is 94.9 Å². The summed E-state index contributed by atoms with van der Waals surface area (Å²) in [6, 6.07) is 21.6. The van der Waals surface area contributed by atoms with Gasteiger partial charge in [0.1, 0.15) is 17.3 Å². The summed E-state index contributed by atoms with van der Waals surface area (Å²) in [5, 5.41) is 11.6. The first kappa shape index (κ1) is 22.0. The van der Waals surface area contributed by atoms with E-state index in [1.165, 1.54) is 12.3 Å². The number of nitrogens with one attached hydrogen (secondary N) is 2. The number of anilines is 3. The molecule has 2 aromatic carbocycles. The summed E-state index contributed by atoms with van der Waals surface area (Å²) in [6.45, 7) is 0. The highest BCUT2D eigenvalue weighted by atomic mass is 16.5. The molecule has 162 valence electrons. The SMILES string of the molecule is COc1ccc(-c2cc(Nc3ccccc3)nc(N)n2)cc1.O=C(O)c1cc(=O)cc[nH]1. The summed E-state index contributed by atoms with van der Waals surface area (Å²) in [7, 11) is 1.64. The predicted molar refractivity (Wildman–Crippen MR) is 122 cm³/mol. The van der Waals surface area contributed by atoms with Crippen molar-refractivity contribution in [3.8, 4) is 17.0 Å². The summed E-state index contributed by atoms with van der Waals surface area (Å²) in [5.41, 5.74) is 8.07. The van der Waals surface area contributed by atoms with E-state index in [0.29, 0.717) is 5.82 Å². The lowest BCUT2D eigenvalue weighted by Gasteiger charge is -2.09. The van der Waals surface area contributed by atoms with Gasteiger partial charge >= 0.3 is 5.97 Å². The van der Waals surface area contributed by atoms with Gasteiger partial charge in [0.25, 0.3) is 0 Å². The van der Waals surface area contributed by atoms with Gasteiger partial charge in [-0.2, -0.15) is 4.98 Å². The van der Waals surface area contributed by atoms with E-state index in [9.17, 15) is 9.59 Å². The second kappa shape index (κ2) is 10.4. The van der Waals surface area contributed by atoms with Crippen molar-refractivity contribution in [2.24, 2.45) is 0 Å². The normalized spacial score (nSPS) is 9.91. The van der Waals surface area contributed by atoms with Crippen molar-refractivity contribution >= 4 is 23.4 Å². The number of aromatic nitrogens is 3. The van der Waals surface area contributed by atoms with Crippen molar-refractivity contribution in [1.29, 1.82) is 0 Å². The first-order chi connectivity index (χ1) is 15.4. The number of nitrogens with zero attached hydrogens (tertiary/aromatic N) is 2. The lowest BCUT2D eigenvalue weighted by molar-refractivity contribution is 0.0690. The second-order valence-electron chi connectivity index (χ2n) is 6.46.